The summed E-state index contributed by atoms with van der Waals surface area (Å²) in [4.78, 5) is 58.5. The SMILES string of the molecule is CNC1=C2C(=O)c3c(cccc3N(C)C(=O)Cc3cc(O)ccc3O)C(=O)C2C(NC)(N(C)C(=O)Cc2cc(O)ccc2O)C=C1. The van der Waals surface area contributed by atoms with Gasteiger partial charge >= 0.3 is 0 Å². The van der Waals surface area contributed by atoms with Gasteiger partial charge < -0.3 is 35.5 Å². The van der Waals surface area contributed by atoms with Crippen LogP contribution in [0.3, 0.4) is 0 Å². The number of nitrogens with zero attached hydrogens (tertiary/aromatic N) is 2. The number of aromatic hydroxyl groups is 4. The first-order valence-corrected chi connectivity index (χ1v) is 14.4. The minimum absolute atomic E-state index is 0.0152. The maximum absolute atomic E-state index is 14.5. The first kappa shape index (κ1) is 31.8. The monoisotopic (exact) mass is 626 g/mol. The van der Waals surface area contributed by atoms with E-state index in [1.54, 1.807) is 38.4 Å². The lowest BCUT2D eigenvalue weighted by Gasteiger charge is -2.48. The number of hydrogen-bond acceptors (Lipinski definition) is 10. The minimum Gasteiger partial charge on any atom is -0.508 e. The lowest BCUT2D eigenvalue weighted by Crippen LogP contribution is -2.66. The molecule has 5 rings (SSSR count). The maximum Gasteiger partial charge on any atom is 0.231 e. The summed E-state index contributed by atoms with van der Waals surface area (Å²) < 4.78 is 0. The van der Waals surface area contributed by atoms with E-state index < -0.39 is 35.0 Å². The highest BCUT2D eigenvalue weighted by atomic mass is 16.3. The smallest absolute Gasteiger partial charge is 0.231 e. The van der Waals surface area contributed by atoms with Crippen LogP contribution in [0.2, 0.25) is 0 Å². The number of Topliss-reactive ketones (excluding diaryl/α,β-unsaturated/α-hetero) is 2. The van der Waals surface area contributed by atoms with Gasteiger partial charge in [-0.25, -0.2) is 0 Å². The quantitative estimate of drug-likeness (QED) is 0.161. The molecule has 12 heteroatoms. The number of amides is 2. The maximum atomic E-state index is 14.5. The highest BCUT2D eigenvalue weighted by Gasteiger charge is 2.54. The molecule has 0 saturated carbocycles. The van der Waals surface area contributed by atoms with E-state index in [4.69, 9.17) is 0 Å². The number of nitrogens with one attached hydrogen (secondary N) is 2. The van der Waals surface area contributed by atoms with Gasteiger partial charge in [0.15, 0.2) is 11.6 Å². The van der Waals surface area contributed by atoms with Gasteiger partial charge in [-0.2, -0.15) is 0 Å². The standard InChI is InChI=1S/C34H34N4O8/c1-35-23-12-13-34(36-2,38(4)28(44)17-19-15-21(40)9-11-26(19)42)31-30(23)33(46)29-22(32(31)45)6-5-7-24(29)37(3)27(43)16-18-14-20(39)8-10-25(18)41/h5-15,31,35-36,39-42H,16-17H2,1-4H3. The number of carbonyl (C=O) groups excluding carboxylic acids is 4. The third-order valence-electron chi connectivity index (χ3n) is 8.71. The molecule has 2 amide bonds. The molecular formula is C34H34N4O8. The van der Waals surface area contributed by atoms with Crippen molar-refractivity contribution >= 4 is 29.1 Å². The van der Waals surface area contributed by atoms with Crippen molar-refractivity contribution in [3.63, 3.8) is 0 Å². The van der Waals surface area contributed by atoms with Gasteiger partial charge in [-0.3, -0.25) is 24.5 Å². The number of allylic oxidation sites excluding steroid dienone is 1. The van der Waals surface area contributed by atoms with Crippen LogP contribution in [0, 0.1) is 5.92 Å². The van der Waals surface area contributed by atoms with Crippen LogP contribution in [0.1, 0.15) is 31.8 Å². The summed E-state index contributed by atoms with van der Waals surface area (Å²) >= 11 is 0. The Hall–Kier alpha value is -5.62. The third kappa shape index (κ3) is 5.22. The average Bonchev–Trinajstić information content (AvgIpc) is 3.05. The number of benzene rings is 3. The van der Waals surface area contributed by atoms with Crippen molar-refractivity contribution in [2.45, 2.75) is 18.5 Å². The van der Waals surface area contributed by atoms with Crippen LogP contribution in [0.4, 0.5) is 5.69 Å². The molecule has 2 unspecified atom stereocenters. The number of likely N-dealkylation sites (N-methyl/N-ethyl adjacent to an activating group) is 4. The van der Waals surface area contributed by atoms with Gasteiger partial charge in [-0.15, -0.1) is 0 Å². The molecule has 46 heavy (non-hydrogen) atoms. The first-order chi connectivity index (χ1) is 21.8. The molecule has 238 valence electrons. The number of ketones is 2. The molecule has 3 aromatic rings. The zero-order valence-electron chi connectivity index (χ0n) is 25.7. The molecule has 0 aromatic heterocycles. The normalized spacial score (nSPS) is 18.6. The number of fused-ring (bicyclic) bond motifs is 2. The summed E-state index contributed by atoms with van der Waals surface area (Å²) in [5.74, 6) is -3.81. The van der Waals surface area contributed by atoms with Gasteiger partial charge in [0, 0.05) is 49.1 Å². The number of phenolic OH excluding ortho intramolecular Hbond substituents is 4. The Kier molecular flexibility index (Phi) is 8.33. The van der Waals surface area contributed by atoms with E-state index in [0.29, 0.717) is 5.70 Å². The minimum atomic E-state index is -1.51. The third-order valence-corrected chi connectivity index (χ3v) is 8.71. The predicted octanol–water partition coefficient (Wildman–Crippen LogP) is 2.37. The average molecular weight is 627 g/mol. The fourth-order valence-electron chi connectivity index (χ4n) is 6.16. The topological polar surface area (TPSA) is 180 Å². The summed E-state index contributed by atoms with van der Waals surface area (Å²) in [5, 5.41) is 46.3. The van der Waals surface area contributed by atoms with Crippen molar-refractivity contribution in [1.82, 2.24) is 15.5 Å². The molecule has 0 aliphatic heterocycles. The molecule has 0 fully saturated rings. The zero-order chi connectivity index (χ0) is 33.5. The molecule has 12 nitrogen and oxygen atoms in total. The van der Waals surface area contributed by atoms with E-state index in [1.165, 1.54) is 66.4 Å². The molecule has 3 aromatic carbocycles. The molecule has 0 bridgehead atoms. The number of rotatable bonds is 8. The molecule has 2 atom stereocenters. The predicted molar refractivity (Wildman–Crippen MR) is 169 cm³/mol. The van der Waals surface area contributed by atoms with Gasteiger partial charge in [0.2, 0.25) is 11.8 Å². The molecule has 2 aliphatic rings. The second-order valence-electron chi connectivity index (χ2n) is 11.2. The molecule has 2 aliphatic carbocycles. The summed E-state index contributed by atoms with van der Waals surface area (Å²) in [6, 6.07) is 12.3. The van der Waals surface area contributed by atoms with E-state index in [-0.39, 0.29) is 69.4 Å². The highest BCUT2D eigenvalue weighted by molar-refractivity contribution is 6.27. The van der Waals surface area contributed by atoms with Gasteiger partial charge in [0.25, 0.3) is 0 Å². The second kappa shape index (κ2) is 12.1. The van der Waals surface area contributed by atoms with Crippen molar-refractivity contribution < 1.29 is 39.6 Å². The number of anilines is 1. The second-order valence-corrected chi connectivity index (χ2v) is 11.2. The molecule has 6 N–H and O–H groups in total. The highest BCUT2D eigenvalue weighted by Crippen LogP contribution is 2.45. The van der Waals surface area contributed by atoms with E-state index in [2.05, 4.69) is 10.6 Å². The fourth-order valence-corrected chi connectivity index (χ4v) is 6.16. The molecular weight excluding hydrogens is 592 g/mol. The van der Waals surface area contributed by atoms with Crippen LogP contribution in [0.15, 0.2) is 78.0 Å². The molecule has 0 heterocycles. The summed E-state index contributed by atoms with van der Waals surface area (Å²) in [7, 11) is 6.11. The Bertz CT molecular complexity index is 1850. The lowest BCUT2D eigenvalue weighted by molar-refractivity contribution is -0.135. The van der Waals surface area contributed by atoms with Crippen LogP contribution in [0.5, 0.6) is 23.0 Å². The van der Waals surface area contributed by atoms with Crippen LogP contribution in [-0.2, 0) is 22.4 Å². The Morgan fingerprint density at radius 1 is 0.848 bits per heavy atom. The van der Waals surface area contributed by atoms with Crippen molar-refractivity contribution in [2.75, 3.05) is 33.1 Å². The van der Waals surface area contributed by atoms with E-state index in [1.807, 2.05) is 0 Å². The van der Waals surface area contributed by atoms with E-state index >= 15 is 0 Å². The number of carbonyl (C=O) groups is 4. The zero-order valence-corrected chi connectivity index (χ0v) is 25.7. The van der Waals surface area contributed by atoms with Crippen molar-refractivity contribution in [2.24, 2.45) is 5.92 Å². The summed E-state index contributed by atoms with van der Waals surface area (Å²) in [6.45, 7) is 0. The van der Waals surface area contributed by atoms with Crippen LogP contribution < -0.4 is 15.5 Å². The number of hydrogen-bond donors (Lipinski definition) is 6. The van der Waals surface area contributed by atoms with Gasteiger partial charge in [-0.1, -0.05) is 12.1 Å². The van der Waals surface area contributed by atoms with E-state index in [0.717, 1.165) is 0 Å². The first-order valence-electron chi connectivity index (χ1n) is 14.4. The Morgan fingerprint density at radius 3 is 2.00 bits per heavy atom. The van der Waals surface area contributed by atoms with Crippen LogP contribution >= 0.6 is 0 Å². The summed E-state index contributed by atoms with van der Waals surface area (Å²) in [5.41, 5.74) is -0.427. The van der Waals surface area contributed by atoms with Crippen LogP contribution in [-0.4, -0.2) is 82.6 Å². The van der Waals surface area contributed by atoms with Gasteiger partial charge in [0.1, 0.15) is 28.7 Å². The molecule has 0 radical (unpaired) electrons. The fraction of sp³-hybridized carbons (Fsp3) is 0.235. The Labute approximate surface area is 264 Å². The molecule has 0 spiro atoms. The van der Waals surface area contributed by atoms with Crippen LogP contribution in [0.25, 0.3) is 0 Å². The van der Waals surface area contributed by atoms with Crippen molar-refractivity contribution in [3.05, 3.63) is 100 Å². The van der Waals surface area contributed by atoms with Gasteiger partial charge in [-0.05, 0) is 61.7 Å². The lowest BCUT2D eigenvalue weighted by atomic mass is 9.67. The Balaban J connectivity index is 1.56. The van der Waals surface area contributed by atoms with Gasteiger partial charge in [0.05, 0.1) is 30.0 Å². The van der Waals surface area contributed by atoms with Crippen molar-refractivity contribution in [3.8, 4) is 23.0 Å². The number of phenols is 4. The largest absolute Gasteiger partial charge is 0.508 e. The van der Waals surface area contributed by atoms with E-state index in [9.17, 15) is 39.6 Å². The molecule has 0 saturated heterocycles. The summed E-state index contributed by atoms with van der Waals surface area (Å²) in [6.07, 6.45) is 2.65. The Morgan fingerprint density at radius 2 is 1.43 bits per heavy atom. The van der Waals surface area contributed by atoms with Crippen molar-refractivity contribution in [1.29, 1.82) is 0 Å².